The summed E-state index contributed by atoms with van der Waals surface area (Å²) in [6.45, 7) is 0.661. The van der Waals surface area contributed by atoms with Gasteiger partial charge in [-0.25, -0.2) is 18.4 Å². The molecule has 3 rings (SSSR count). The normalized spacial score (nSPS) is 12.8. The standard InChI is InChI=1S/C16H17F2N5O2/c1-19-14-10(7-11(17)8-12(14)18)4-6-22(9-24)16(25)15-20-13-3-2-5-23(13)21-15/h7-9,19H,2-6H2,1H3. The molecule has 2 heterocycles. The van der Waals surface area contributed by atoms with Crippen molar-refractivity contribution in [3.63, 3.8) is 0 Å². The Labute approximate surface area is 142 Å². The monoisotopic (exact) mass is 349 g/mol. The van der Waals surface area contributed by atoms with E-state index >= 15 is 0 Å². The van der Waals surface area contributed by atoms with E-state index in [4.69, 9.17) is 0 Å². The highest BCUT2D eigenvalue weighted by Crippen LogP contribution is 2.22. The van der Waals surface area contributed by atoms with Crippen molar-refractivity contribution in [2.75, 3.05) is 18.9 Å². The first-order valence-electron chi connectivity index (χ1n) is 7.89. The summed E-state index contributed by atoms with van der Waals surface area (Å²) in [6, 6.07) is 1.94. The summed E-state index contributed by atoms with van der Waals surface area (Å²) in [4.78, 5) is 28.7. The number of nitrogens with zero attached hydrogens (tertiary/aromatic N) is 4. The zero-order valence-electron chi connectivity index (χ0n) is 13.6. The number of hydrogen-bond donors (Lipinski definition) is 1. The average Bonchev–Trinajstić information content (AvgIpc) is 3.16. The smallest absolute Gasteiger partial charge is 0.299 e. The quantitative estimate of drug-likeness (QED) is 0.797. The maximum atomic E-state index is 13.8. The number of carbonyl (C=O) groups excluding carboxylic acids is 2. The molecule has 2 aromatic rings. The van der Waals surface area contributed by atoms with Gasteiger partial charge in [0.2, 0.25) is 12.2 Å². The van der Waals surface area contributed by atoms with Gasteiger partial charge in [0.25, 0.3) is 5.91 Å². The maximum Gasteiger partial charge on any atom is 0.299 e. The molecule has 0 atom stereocenters. The topological polar surface area (TPSA) is 80.1 Å². The summed E-state index contributed by atoms with van der Waals surface area (Å²) in [5.74, 6) is -1.39. The molecule has 0 radical (unpaired) electrons. The second-order valence-electron chi connectivity index (χ2n) is 5.70. The summed E-state index contributed by atoms with van der Waals surface area (Å²) in [6.07, 6.45) is 2.15. The number of benzene rings is 1. The lowest BCUT2D eigenvalue weighted by Crippen LogP contribution is -2.32. The van der Waals surface area contributed by atoms with Crippen molar-refractivity contribution in [3.8, 4) is 0 Å². The fraction of sp³-hybridized carbons (Fsp3) is 0.375. The molecule has 0 spiro atoms. The first kappa shape index (κ1) is 17.0. The van der Waals surface area contributed by atoms with Crippen LogP contribution in [0.1, 0.15) is 28.4 Å². The van der Waals surface area contributed by atoms with Crippen LogP contribution in [0.5, 0.6) is 0 Å². The Balaban J connectivity index is 1.74. The van der Waals surface area contributed by atoms with Crippen LogP contribution in [0.2, 0.25) is 0 Å². The van der Waals surface area contributed by atoms with Gasteiger partial charge < -0.3 is 5.32 Å². The van der Waals surface area contributed by atoms with Crippen molar-refractivity contribution in [3.05, 3.63) is 41.0 Å². The van der Waals surface area contributed by atoms with Crippen molar-refractivity contribution in [1.29, 1.82) is 0 Å². The number of imide groups is 1. The molecular weight excluding hydrogens is 332 g/mol. The predicted molar refractivity (Wildman–Crippen MR) is 85.1 cm³/mol. The summed E-state index contributed by atoms with van der Waals surface area (Å²) in [7, 11) is 1.51. The van der Waals surface area contributed by atoms with Gasteiger partial charge in [-0.1, -0.05) is 0 Å². The largest absolute Gasteiger partial charge is 0.386 e. The molecule has 2 amide bonds. The summed E-state index contributed by atoms with van der Waals surface area (Å²) >= 11 is 0. The van der Waals surface area contributed by atoms with Crippen LogP contribution in [0.15, 0.2) is 12.1 Å². The molecular formula is C16H17F2N5O2. The van der Waals surface area contributed by atoms with E-state index in [0.717, 1.165) is 29.6 Å². The number of rotatable bonds is 6. The van der Waals surface area contributed by atoms with Crippen LogP contribution in [0.4, 0.5) is 14.5 Å². The number of fused-ring (bicyclic) bond motifs is 1. The number of amides is 2. The molecule has 1 aliphatic heterocycles. The molecule has 0 saturated heterocycles. The maximum absolute atomic E-state index is 13.8. The van der Waals surface area contributed by atoms with Gasteiger partial charge in [0, 0.05) is 32.6 Å². The Bertz CT molecular complexity index is 800. The molecule has 25 heavy (non-hydrogen) atoms. The minimum Gasteiger partial charge on any atom is -0.386 e. The number of anilines is 1. The van der Waals surface area contributed by atoms with E-state index < -0.39 is 17.5 Å². The molecule has 0 bridgehead atoms. The number of carbonyl (C=O) groups is 2. The lowest BCUT2D eigenvalue weighted by molar-refractivity contribution is -0.116. The Kier molecular flexibility index (Phi) is 4.73. The van der Waals surface area contributed by atoms with Crippen molar-refractivity contribution < 1.29 is 18.4 Å². The van der Waals surface area contributed by atoms with E-state index in [1.165, 1.54) is 13.1 Å². The average molecular weight is 349 g/mol. The van der Waals surface area contributed by atoms with Gasteiger partial charge in [-0.3, -0.25) is 14.5 Å². The number of aromatic nitrogens is 3. The van der Waals surface area contributed by atoms with Gasteiger partial charge in [-0.2, -0.15) is 0 Å². The van der Waals surface area contributed by atoms with E-state index in [-0.39, 0.29) is 24.5 Å². The number of halogens is 2. The third-order valence-corrected chi connectivity index (χ3v) is 4.11. The first-order chi connectivity index (χ1) is 12.0. The van der Waals surface area contributed by atoms with E-state index in [9.17, 15) is 18.4 Å². The van der Waals surface area contributed by atoms with Crippen molar-refractivity contribution >= 4 is 18.0 Å². The predicted octanol–water partition coefficient (Wildman–Crippen LogP) is 1.39. The molecule has 9 heteroatoms. The van der Waals surface area contributed by atoms with Gasteiger partial charge >= 0.3 is 0 Å². The van der Waals surface area contributed by atoms with Crippen LogP contribution >= 0.6 is 0 Å². The molecule has 1 N–H and O–H groups in total. The Morgan fingerprint density at radius 3 is 2.92 bits per heavy atom. The molecule has 7 nitrogen and oxygen atoms in total. The molecule has 132 valence electrons. The zero-order chi connectivity index (χ0) is 18.0. The first-order valence-corrected chi connectivity index (χ1v) is 7.89. The lowest BCUT2D eigenvalue weighted by Gasteiger charge is -2.16. The third-order valence-electron chi connectivity index (χ3n) is 4.11. The van der Waals surface area contributed by atoms with Gasteiger partial charge in [0.15, 0.2) is 0 Å². The van der Waals surface area contributed by atoms with Crippen LogP contribution in [0.3, 0.4) is 0 Å². The molecule has 0 aliphatic carbocycles. The van der Waals surface area contributed by atoms with E-state index in [1.54, 1.807) is 4.68 Å². The Morgan fingerprint density at radius 1 is 1.44 bits per heavy atom. The number of aryl methyl sites for hydroxylation is 2. The summed E-state index contributed by atoms with van der Waals surface area (Å²) in [5.41, 5.74) is 0.471. The number of hydrogen-bond acceptors (Lipinski definition) is 5. The van der Waals surface area contributed by atoms with Crippen molar-refractivity contribution in [1.82, 2.24) is 19.7 Å². The second-order valence-corrected chi connectivity index (χ2v) is 5.70. The fourth-order valence-electron chi connectivity index (χ4n) is 2.89. The van der Waals surface area contributed by atoms with Gasteiger partial charge in [-0.15, -0.1) is 5.10 Å². The molecule has 1 aromatic carbocycles. The van der Waals surface area contributed by atoms with Gasteiger partial charge in [0.05, 0.1) is 5.69 Å². The van der Waals surface area contributed by atoms with E-state index in [0.29, 0.717) is 18.5 Å². The minimum atomic E-state index is -0.728. The zero-order valence-corrected chi connectivity index (χ0v) is 13.6. The third kappa shape index (κ3) is 3.35. The van der Waals surface area contributed by atoms with Gasteiger partial charge in [0.1, 0.15) is 17.5 Å². The highest BCUT2D eigenvalue weighted by atomic mass is 19.1. The molecule has 0 saturated carbocycles. The Morgan fingerprint density at radius 2 is 2.24 bits per heavy atom. The number of nitrogens with one attached hydrogen (secondary N) is 1. The molecule has 1 aliphatic rings. The van der Waals surface area contributed by atoms with Crippen molar-refractivity contribution in [2.24, 2.45) is 0 Å². The van der Waals surface area contributed by atoms with E-state index in [2.05, 4.69) is 15.4 Å². The lowest BCUT2D eigenvalue weighted by atomic mass is 10.1. The fourth-order valence-corrected chi connectivity index (χ4v) is 2.89. The molecule has 0 fully saturated rings. The van der Waals surface area contributed by atoms with Crippen LogP contribution in [-0.4, -0.2) is 45.6 Å². The summed E-state index contributed by atoms with van der Waals surface area (Å²) in [5, 5.41) is 6.76. The Hall–Kier alpha value is -2.84. The van der Waals surface area contributed by atoms with Crippen LogP contribution in [0, 0.1) is 11.6 Å². The molecule has 0 unspecified atom stereocenters. The van der Waals surface area contributed by atoms with Crippen LogP contribution in [-0.2, 0) is 24.2 Å². The summed E-state index contributed by atoms with van der Waals surface area (Å²) < 4.78 is 28.8. The van der Waals surface area contributed by atoms with E-state index in [1.807, 2.05) is 0 Å². The van der Waals surface area contributed by atoms with Crippen molar-refractivity contribution in [2.45, 2.75) is 25.8 Å². The highest BCUT2D eigenvalue weighted by molar-refractivity contribution is 5.96. The SMILES string of the molecule is CNc1c(F)cc(F)cc1CCN(C=O)C(=O)c1nc2n(n1)CCC2. The second kappa shape index (κ2) is 6.96. The highest BCUT2D eigenvalue weighted by Gasteiger charge is 2.24. The molecule has 1 aromatic heterocycles. The van der Waals surface area contributed by atoms with Gasteiger partial charge in [-0.05, 0) is 24.5 Å². The minimum absolute atomic E-state index is 0.0379. The van der Waals surface area contributed by atoms with Crippen LogP contribution < -0.4 is 5.32 Å². The van der Waals surface area contributed by atoms with Crippen LogP contribution in [0.25, 0.3) is 0 Å².